The molecule has 4 nitrogen and oxygen atoms in total. The van der Waals surface area contributed by atoms with Gasteiger partial charge in [0.15, 0.2) is 0 Å². The van der Waals surface area contributed by atoms with Crippen LogP contribution in [0.15, 0.2) is 17.4 Å². The number of amidine groups is 1. The summed E-state index contributed by atoms with van der Waals surface area (Å²) >= 11 is 0. The molecule has 1 aliphatic carbocycles. The number of nitrogens with zero attached hydrogens (tertiary/aromatic N) is 2. The van der Waals surface area contributed by atoms with Crippen LogP contribution in [0.4, 0.5) is 0 Å². The van der Waals surface area contributed by atoms with Crippen LogP contribution >= 0.6 is 0 Å². The maximum Gasteiger partial charge on any atom is 0.0972 e. The minimum Gasteiger partial charge on any atom is -0.387 e. The zero-order chi connectivity index (χ0) is 10.5. The number of hydrogen-bond donors (Lipinski definition) is 2. The predicted octanol–water partition coefficient (Wildman–Crippen LogP) is 1.85. The van der Waals surface area contributed by atoms with Gasteiger partial charge in [0.1, 0.15) is 0 Å². The topological polar surface area (TPSA) is 67.1 Å². The van der Waals surface area contributed by atoms with Crippen LogP contribution in [0.5, 0.6) is 0 Å². The Morgan fingerprint density at radius 1 is 1.47 bits per heavy atom. The molecule has 3 N–H and O–H groups in total. The molecule has 1 saturated carbocycles. The van der Waals surface area contributed by atoms with Gasteiger partial charge in [-0.1, -0.05) is 19.3 Å². The van der Waals surface area contributed by atoms with E-state index in [0.717, 1.165) is 11.4 Å². The summed E-state index contributed by atoms with van der Waals surface area (Å²) in [5.74, 6) is 1.35. The third-order valence-corrected chi connectivity index (χ3v) is 3.02. The quantitative estimate of drug-likeness (QED) is 0.585. The van der Waals surface area contributed by atoms with Crippen molar-refractivity contribution in [2.24, 2.45) is 16.6 Å². The first-order chi connectivity index (χ1) is 7.36. The third-order valence-electron chi connectivity index (χ3n) is 3.02. The maximum atomic E-state index is 5.98. The first kappa shape index (κ1) is 10.2. The number of H-pyrrole nitrogens is 1. The second-order valence-electron chi connectivity index (χ2n) is 4.18. The smallest absolute Gasteiger partial charge is 0.0972 e. The molecule has 0 radical (unpaired) electrons. The Morgan fingerprint density at radius 2 is 2.27 bits per heavy atom. The van der Waals surface area contributed by atoms with Crippen LogP contribution in [0.1, 0.15) is 37.7 Å². The van der Waals surface area contributed by atoms with Crippen LogP contribution in [-0.2, 0) is 6.54 Å². The summed E-state index contributed by atoms with van der Waals surface area (Å²) in [5.41, 5.74) is 7.08. The Labute approximate surface area is 90.0 Å². The Kier molecular flexibility index (Phi) is 3.37. The molecule has 1 aliphatic rings. The van der Waals surface area contributed by atoms with Crippen molar-refractivity contribution in [1.82, 2.24) is 10.2 Å². The van der Waals surface area contributed by atoms with Crippen molar-refractivity contribution < 1.29 is 0 Å². The van der Waals surface area contributed by atoms with Crippen molar-refractivity contribution in [3.8, 4) is 0 Å². The average Bonchev–Trinajstić information content (AvgIpc) is 2.80. The molecule has 0 unspecified atom stereocenters. The van der Waals surface area contributed by atoms with Gasteiger partial charge in [-0.2, -0.15) is 5.10 Å². The van der Waals surface area contributed by atoms with Crippen LogP contribution in [-0.4, -0.2) is 16.0 Å². The Hall–Kier alpha value is -1.32. The summed E-state index contributed by atoms with van der Waals surface area (Å²) in [7, 11) is 0. The largest absolute Gasteiger partial charge is 0.387 e. The van der Waals surface area contributed by atoms with Crippen molar-refractivity contribution in [3.63, 3.8) is 0 Å². The minimum absolute atomic E-state index is 0.519. The Balaban J connectivity index is 1.88. The third kappa shape index (κ3) is 2.81. The van der Waals surface area contributed by atoms with E-state index >= 15 is 0 Å². The van der Waals surface area contributed by atoms with Gasteiger partial charge in [0.2, 0.25) is 0 Å². The first-order valence-electron chi connectivity index (χ1n) is 5.64. The van der Waals surface area contributed by atoms with Gasteiger partial charge in [-0.25, -0.2) is 0 Å². The van der Waals surface area contributed by atoms with E-state index in [4.69, 9.17) is 5.73 Å². The fourth-order valence-corrected chi connectivity index (χ4v) is 2.07. The second kappa shape index (κ2) is 4.96. The monoisotopic (exact) mass is 206 g/mol. The molecule has 1 heterocycles. The van der Waals surface area contributed by atoms with Gasteiger partial charge < -0.3 is 5.73 Å². The predicted molar refractivity (Wildman–Crippen MR) is 60.5 cm³/mol. The highest BCUT2D eigenvalue weighted by atomic mass is 15.1. The average molecular weight is 206 g/mol. The van der Waals surface area contributed by atoms with Gasteiger partial charge >= 0.3 is 0 Å². The van der Waals surface area contributed by atoms with Crippen LogP contribution in [0.3, 0.4) is 0 Å². The molecule has 2 rings (SSSR count). The summed E-state index contributed by atoms with van der Waals surface area (Å²) < 4.78 is 0. The van der Waals surface area contributed by atoms with E-state index in [1.54, 1.807) is 6.20 Å². The molecule has 4 heteroatoms. The first-order valence-corrected chi connectivity index (χ1v) is 5.64. The Morgan fingerprint density at radius 3 is 2.93 bits per heavy atom. The van der Waals surface area contributed by atoms with E-state index in [1.807, 2.05) is 6.20 Å². The molecule has 0 aromatic carbocycles. The summed E-state index contributed by atoms with van der Waals surface area (Å²) in [6, 6.07) is 0. The molecule has 0 aliphatic heterocycles. The fourth-order valence-electron chi connectivity index (χ4n) is 2.07. The van der Waals surface area contributed by atoms with Gasteiger partial charge in [-0.15, -0.1) is 0 Å². The lowest BCUT2D eigenvalue weighted by atomic mass is 9.88. The SMILES string of the molecule is NC(=NCc1cn[nH]c1)C1CCCCC1. The highest BCUT2D eigenvalue weighted by molar-refractivity contribution is 5.82. The summed E-state index contributed by atoms with van der Waals surface area (Å²) in [5, 5.41) is 6.65. The molecule has 82 valence electrons. The van der Waals surface area contributed by atoms with Crippen molar-refractivity contribution in [1.29, 1.82) is 0 Å². The standard InChI is InChI=1S/C11H18N4/c12-11(10-4-2-1-3-5-10)13-6-9-7-14-15-8-9/h7-8,10H,1-6H2,(H2,12,13)(H,14,15). The molecule has 1 fully saturated rings. The molecule has 15 heavy (non-hydrogen) atoms. The Bertz CT molecular complexity index is 309. The number of hydrogen-bond acceptors (Lipinski definition) is 2. The number of aromatic nitrogens is 2. The van der Waals surface area contributed by atoms with Gasteiger partial charge in [0, 0.05) is 17.7 Å². The van der Waals surface area contributed by atoms with E-state index in [-0.39, 0.29) is 0 Å². The van der Waals surface area contributed by atoms with Crippen molar-refractivity contribution >= 4 is 5.84 Å². The molecule has 0 atom stereocenters. The van der Waals surface area contributed by atoms with Crippen molar-refractivity contribution in [2.45, 2.75) is 38.6 Å². The van der Waals surface area contributed by atoms with Crippen molar-refractivity contribution in [2.75, 3.05) is 0 Å². The maximum absolute atomic E-state index is 5.98. The van der Waals surface area contributed by atoms with Crippen LogP contribution in [0.2, 0.25) is 0 Å². The number of nitrogens with one attached hydrogen (secondary N) is 1. The number of rotatable bonds is 3. The van der Waals surface area contributed by atoms with Gasteiger partial charge in [0.25, 0.3) is 0 Å². The van der Waals surface area contributed by atoms with Crippen LogP contribution in [0.25, 0.3) is 0 Å². The molecule has 1 aromatic rings. The highest BCUT2D eigenvalue weighted by Crippen LogP contribution is 2.23. The lowest BCUT2D eigenvalue weighted by Crippen LogP contribution is -2.25. The summed E-state index contributed by atoms with van der Waals surface area (Å²) in [6.45, 7) is 0.652. The zero-order valence-corrected chi connectivity index (χ0v) is 8.95. The van der Waals surface area contributed by atoms with Crippen LogP contribution < -0.4 is 5.73 Å². The summed E-state index contributed by atoms with van der Waals surface area (Å²) in [6.07, 6.45) is 10.0. The van der Waals surface area contributed by atoms with Gasteiger partial charge in [0.05, 0.1) is 18.6 Å². The molecule has 0 bridgehead atoms. The highest BCUT2D eigenvalue weighted by Gasteiger charge is 2.16. The molecule has 0 amide bonds. The van der Waals surface area contributed by atoms with E-state index in [0.29, 0.717) is 12.5 Å². The molecule has 0 spiro atoms. The van der Waals surface area contributed by atoms with Crippen LogP contribution in [0, 0.1) is 5.92 Å². The zero-order valence-electron chi connectivity index (χ0n) is 8.95. The van der Waals surface area contributed by atoms with E-state index in [9.17, 15) is 0 Å². The van der Waals surface area contributed by atoms with E-state index in [2.05, 4.69) is 15.2 Å². The minimum atomic E-state index is 0.519. The van der Waals surface area contributed by atoms with Crippen molar-refractivity contribution in [3.05, 3.63) is 18.0 Å². The van der Waals surface area contributed by atoms with Gasteiger partial charge in [-0.05, 0) is 12.8 Å². The van der Waals surface area contributed by atoms with Gasteiger partial charge in [-0.3, -0.25) is 10.1 Å². The molecule has 0 saturated heterocycles. The summed E-state index contributed by atoms with van der Waals surface area (Å²) in [4.78, 5) is 4.42. The second-order valence-corrected chi connectivity index (χ2v) is 4.18. The van der Waals surface area contributed by atoms with E-state index < -0.39 is 0 Å². The normalized spacial score (nSPS) is 19.3. The molecular formula is C11H18N4. The number of aromatic amines is 1. The number of aliphatic imine (C=N–C) groups is 1. The lowest BCUT2D eigenvalue weighted by molar-refractivity contribution is 0.436. The fraction of sp³-hybridized carbons (Fsp3) is 0.636. The lowest BCUT2D eigenvalue weighted by Gasteiger charge is -2.20. The molecule has 1 aromatic heterocycles. The van der Waals surface area contributed by atoms with E-state index in [1.165, 1.54) is 32.1 Å². The number of nitrogens with two attached hydrogens (primary N) is 1. The molecular weight excluding hydrogens is 188 g/mol.